The molecular weight excluding hydrogens is 216 g/mol. The molecule has 1 aromatic rings. The van der Waals surface area contributed by atoms with Gasteiger partial charge in [-0.2, -0.15) is 0 Å². The molecule has 0 amide bonds. The zero-order chi connectivity index (χ0) is 12.3. The predicted molar refractivity (Wildman–Crippen MR) is 68.0 cm³/mol. The number of ether oxygens (including phenoxy) is 1. The predicted octanol–water partition coefficient (Wildman–Crippen LogP) is 2.06. The highest BCUT2D eigenvalue weighted by molar-refractivity contribution is 5.61. The van der Waals surface area contributed by atoms with Crippen molar-refractivity contribution in [3.8, 4) is 5.75 Å². The Kier molecular flexibility index (Phi) is 3.66. The summed E-state index contributed by atoms with van der Waals surface area (Å²) in [7, 11) is 1.59. The molecular formula is C12H20N4O. The fourth-order valence-corrected chi connectivity index (χ4v) is 2.29. The summed E-state index contributed by atoms with van der Waals surface area (Å²) < 4.78 is 5.23. The van der Waals surface area contributed by atoms with Crippen molar-refractivity contribution in [1.29, 1.82) is 0 Å². The van der Waals surface area contributed by atoms with Gasteiger partial charge in [-0.3, -0.25) is 0 Å². The Morgan fingerprint density at radius 3 is 2.65 bits per heavy atom. The highest BCUT2D eigenvalue weighted by Crippen LogP contribution is 2.30. The molecule has 1 aliphatic carbocycles. The molecule has 0 saturated heterocycles. The monoisotopic (exact) mass is 236 g/mol. The maximum atomic E-state index is 5.74. The van der Waals surface area contributed by atoms with Gasteiger partial charge in [-0.25, -0.2) is 9.97 Å². The van der Waals surface area contributed by atoms with E-state index in [4.69, 9.17) is 10.5 Å². The van der Waals surface area contributed by atoms with E-state index in [-0.39, 0.29) is 0 Å². The first kappa shape index (κ1) is 12.0. The maximum absolute atomic E-state index is 5.74. The van der Waals surface area contributed by atoms with Crippen molar-refractivity contribution in [2.75, 3.05) is 18.2 Å². The molecule has 0 spiro atoms. The van der Waals surface area contributed by atoms with E-state index in [1.165, 1.54) is 32.0 Å². The van der Waals surface area contributed by atoms with E-state index in [0.29, 0.717) is 23.4 Å². The molecule has 17 heavy (non-hydrogen) atoms. The molecule has 5 nitrogen and oxygen atoms in total. The Morgan fingerprint density at radius 1 is 1.29 bits per heavy atom. The molecule has 0 aromatic carbocycles. The lowest BCUT2D eigenvalue weighted by Gasteiger charge is -2.27. The molecule has 1 aliphatic rings. The van der Waals surface area contributed by atoms with Crippen molar-refractivity contribution in [3.63, 3.8) is 0 Å². The first-order valence-corrected chi connectivity index (χ1v) is 6.11. The van der Waals surface area contributed by atoms with Gasteiger partial charge in [0.05, 0.1) is 7.11 Å². The maximum Gasteiger partial charge on any atom is 0.203 e. The molecule has 5 heteroatoms. The van der Waals surface area contributed by atoms with Crippen LogP contribution in [-0.2, 0) is 0 Å². The SMILES string of the molecule is COc1c(N)ncnc1NC1CCC(C)CC1. The Bertz CT molecular complexity index is 375. The topological polar surface area (TPSA) is 73.1 Å². The Hall–Kier alpha value is -1.52. The van der Waals surface area contributed by atoms with E-state index in [1.807, 2.05) is 0 Å². The van der Waals surface area contributed by atoms with Crippen molar-refractivity contribution in [3.05, 3.63) is 6.33 Å². The van der Waals surface area contributed by atoms with Crippen molar-refractivity contribution in [2.24, 2.45) is 5.92 Å². The molecule has 0 atom stereocenters. The minimum Gasteiger partial charge on any atom is -0.490 e. The molecule has 0 radical (unpaired) electrons. The van der Waals surface area contributed by atoms with Crippen molar-refractivity contribution in [1.82, 2.24) is 9.97 Å². The summed E-state index contributed by atoms with van der Waals surface area (Å²) in [5.74, 6) is 2.48. The van der Waals surface area contributed by atoms with Crippen molar-refractivity contribution in [2.45, 2.75) is 38.6 Å². The quantitative estimate of drug-likeness (QED) is 0.840. The molecule has 0 unspecified atom stereocenters. The van der Waals surface area contributed by atoms with Gasteiger partial charge in [0.15, 0.2) is 11.6 Å². The van der Waals surface area contributed by atoms with Gasteiger partial charge in [0, 0.05) is 6.04 Å². The number of anilines is 2. The van der Waals surface area contributed by atoms with Crippen LogP contribution in [0.5, 0.6) is 5.75 Å². The third kappa shape index (κ3) is 2.78. The van der Waals surface area contributed by atoms with Gasteiger partial charge in [0.1, 0.15) is 6.33 Å². The number of nitrogens with one attached hydrogen (secondary N) is 1. The molecule has 3 N–H and O–H groups in total. The summed E-state index contributed by atoms with van der Waals surface area (Å²) in [5, 5.41) is 3.41. The Morgan fingerprint density at radius 2 is 2.00 bits per heavy atom. The first-order valence-electron chi connectivity index (χ1n) is 6.11. The number of nitrogens with zero attached hydrogens (tertiary/aromatic N) is 2. The minimum absolute atomic E-state index is 0.383. The summed E-state index contributed by atoms with van der Waals surface area (Å²) in [6, 6.07) is 0.467. The van der Waals surface area contributed by atoms with Gasteiger partial charge < -0.3 is 15.8 Å². The third-order valence-electron chi connectivity index (χ3n) is 3.39. The first-order chi connectivity index (χ1) is 8.20. The van der Waals surface area contributed by atoms with E-state index in [1.54, 1.807) is 7.11 Å². The van der Waals surface area contributed by atoms with Crippen molar-refractivity contribution < 1.29 is 4.74 Å². The van der Waals surface area contributed by atoms with Crippen LogP contribution in [0.2, 0.25) is 0 Å². The lowest BCUT2D eigenvalue weighted by Crippen LogP contribution is -2.26. The van der Waals surface area contributed by atoms with Crippen LogP contribution in [0.4, 0.5) is 11.6 Å². The highest BCUT2D eigenvalue weighted by atomic mass is 16.5. The van der Waals surface area contributed by atoms with Gasteiger partial charge in [0.2, 0.25) is 5.75 Å². The summed E-state index contributed by atoms with van der Waals surface area (Å²) >= 11 is 0. The standard InChI is InChI=1S/C12H20N4O/c1-8-3-5-9(6-4-8)16-12-10(17-2)11(13)14-7-15-12/h7-9H,3-6H2,1-2H3,(H3,13,14,15,16). The smallest absolute Gasteiger partial charge is 0.203 e. The van der Waals surface area contributed by atoms with Gasteiger partial charge >= 0.3 is 0 Å². The van der Waals surface area contributed by atoms with Crippen LogP contribution in [-0.4, -0.2) is 23.1 Å². The van der Waals surface area contributed by atoms with Crippen LogP contribution in [0.25, 0.3) is 0 Å². The number of nitrogens with two attached hydrogens (primary N) is 1. The Labute approximate surface area is 102 Å². The number of hydrogen-bond donors (Lipinski definition) is 2. The van der Waals surface area contributed by atoms with Crippen LogP contribution in [0.3, 0.4) is 0 Å². The third-order valence-corrected chi connectivity index (χ3v) is 3.39. The second kappa shape index (κ2) is 5.21. The van der Waals surface area contributed by atoms with Gasteiger partial charge in [-0.15, -0.1) is 0 Å². The number of methoxy groups -OCH3 is 1. The number of nitrogen functional groups attached to an aromatic ring is 1. The largest absolute Gasteiger partial charge is 0.490 e. The Balaban J connectivity index is 2.05. The average Bonchev–Trinajstić information content (AvgIpc) is 2.32. The van der Waals surface area contributed by atoms with Crippen molar-refractivity contribution >= 4 is 11.6 Å². The lowest BCUT2D eigenvalue weighted by atomic mass is 9.87. The zero-order valence-corrected chi connectivity index (χ0v) is 10.4. The minimum atomic E-state index is 0.383. The van der Waals surface area contributed by atoms with E-state index >= 15 is 0 Å². The van der Waals surface area contributed by atoms with Gasteiger partial charge in [0.25, 0.3) is 0 Å². The average molecular weight is 236 g/mol. The second-order valence-electron chi connectivity index (χ2n) is 4.74. The molecule has 2 rings (SSSR count). The van der Waals surface area contributed by atoms with Gasteiger partial charge in [-0.1, -0.05) is 6.92 Å². The molecule has 1 saturated carbocycles. The molecule has 94 valence electrons. The normalized spacial score (nSPS) is 24.4. The number of hydrogen-bond acceptors (Lipinski definition) is 5. The molecule has 0 aliphatic heterocycles. The van der Waals surface area contributed by atoms with E-state index in [2.05, 4.69) is 22.2 Å². The van der Waals surface area contributed by atoms with Crippen LogP contribution >= 0.6 is 0 Å². The molecule has 1 fully saturated rings. The summed E-state index contributed by atoms with van der Waals surface area (Å²) in [5.41, 5.74) is 5.74. The van der Waals surface area contributed by atoms with E-state index in [0.717, 1.165) is 5.92 Å². The summed E-state index contributed by atoms with van der Waals surface area (Å²) in [6.45, 7) is 2.31. The zero-order valence-electron chi connectivity index (χ0n) is 10.4. The lowest BCUT2D eigenvalue weighted by molar-refractivity contribution is 0.358. The number of aromatic nitrogens is 2. The fraction of sp³-hybridized carbons (Fsp3) is 0.667. The van der Waals surface area contributed by atoms with Crippen LogP contribution < -0.4 is 15.8 Å². The summed E-state index contributed by atoms with van der Waals surface area (Å²) in [4.78, 5) is 8.11. The highest BCUT2D eigenvalue weighted by Gasteiger charge is 2.20. The molecule has 1 heterocycles. The summed E-state index contributed by atoms with van der Waals surface area (Å²) in [6.07, 6.45) is 6.34. The molecule has 1 aromatic heterocycles. The number of rotatable bonds is 3. The van der Waals surface area contributed by atoms with E-state index < -0.39 is 0 Å². The van der Waals surface area contributed by atoms with Crippen LogP contribution in [0.15, 0.2) is 6.33 Å². The van der Waals surface area contributed by atoms with E-state index in [9.17, 15) is 0 Å². The fourth-order valence-electron chi connectivity index (χ4n) is 2.29. The molecule has 0 bridgehead atoms. The van der Waals surface area contributed by atoms with Crippen LogP contribution in [0, 0.1) is 5.92 Å². The second-order valence-corrected chi connectivity index (χ2v) is 4.74. The van der Waals surface area contributed by atoms with Crippen LogP contribution in [0.1, 0.15) is 32.6 Å². The van der Waals surface area contributed by atoms with Gasteiger partial charge in [-0.05, 0) is 31.6 Å².